The van der Waals surface area contributed by atoms with E-state index in [2.05, 4.69) is 5.32 Å². The highest BCUT2D eigenvalue weighted by Gasteiger charge is 2.42. The van der Waals surface area contributed by atoms with Gasteiger partial charge in [-0.15, -0.1) is 0 Å². The predicted octanol–water partition coefficient (Wildman–Crippen LogP) is 6.43. The maximum Gasteiger partial charge on any atom is 0.336 e. The number of esters is 1. The number of carbonyl (C=O) groups is 2. The van der Waals surface area contributed by atoms with E-state index in [1.807, 2.05) is 38.1 Å². The van der Waals surface area contributed by atoms with Gasteiger partial charge in [0.15, 0.2) is 17.3 Å². The molecule has 6 nitrogen and oxygen atoms in total. The fraction of sp³-hybridized carbons (Fsp3) is 0.357. The van der Waals surface area contributed by atoms with Crippen LogP contribution in [0.4, 0.5) is 0 Å². The van der Waals surface area contributed by atoms with Crippen LogP contribution in [0.5, 0.6) is 11.5 Å². The van der Waals surface area contributed by atoms with Crippen molar-refractivity contribution in [2.45, 2.75) is 51.4 Å². The van der Waals surface area contributed by atoms with E-state index >= 15 is 0 Å². The third-order valence-corrected chi connectivity index (χ3v) is 7.50. The molecule has 0 bridgehead atoms. The van der Waals surface area contributed by atoms with E-state index in [1.165, 1.54) is 0 Å². The van der Waals surface area contributed by atoms with Crippen molar-refractivity contribution in [2.24, 2.45) is 0 Å². The summed E-state index contributed by atoms with van der Waals surface area (Å²) in [5, 5.41) is 4.42. The lowest BCUT2D eigenvalue weighted by Gasteiger charge is -2.37. The highest BCUT2D eigenvalue weighted by molar-refractivity contribution is 6.32. The molecule has 5 rings (SSSR count). The number of ether oxygens (including phenoxy) is 3. The van der Waals surface area contributed by atoms with Crippen LogP contribution >= 0.6 is 23.2 Å². The SMILES string of the molecule is CCCCOC(=O)C1=C(C)NC2=C(C(=O)C[C@H](c3ccc(Cl)cc3)C2)[C@@H]1c1cc2c(cc1Cl)OCO2. The number of ketones is 1. The number of fused-ring (bicyclic) bond motifs is 1. The van der Waals surface area contributed by atoms with Crippen LogP contribution in [0.15, 0.2) is 58.9 Å². The quantitative estimate of drug-likeness (QED) is 0.344. The average Bonchev–Trinajstić information content (AvgIpc) is 3.30. The van der Waals surface area contributed by atoms with E-state index in [1.54, 1.807) is 12.1 Å². The second kappa shape index (κ2) is 10.2. The van der Waals surface area contributed by atoms with Crippen LogP contribution in [0.1, 0.15) is 62.5 Å². The molecule has 2 atom stereocenters. The summed E-state index contributed by atoms with van der Waals surface area (Å²) in [6.45, 7) is 4.28. The van der Waals surface area contributed by atoms with E-state index in [0.29, 0.717) is 63.4 Å². The summed E-state index contributed by atoms with van der Waals surface area (Å²) in [6, 6.07) is 11.0. The van der Waals surface area contributed by atoms with E-state index in [0.717, 1.165) is 24.1 Å². The van der Waals surface area contributed by atoms with Crippen molar-refractivity contribution < 1.29 is 23.8 Å². The highest BCUT2D eigenvalue weighted by Crippen LogP contribution is 2.49. The minimum absolute atomic E-state index is 0.000233. The van der Waals surface area contributed by atoms with Crippen LogP contribution < -0.4 is 14.8 Å². The van der Waals surface area contributed by atoms with Gasteiger partial charge in [-0.3, -0.25) is 4.79 Å². The zero-order valence-electron chi connectivity index (χ0n) is 20.2. The number of hydrogen-bond acceptors (Lipinski definition) is 6. The first-order valence-electron chi connectivity index (χ1n) is 12.1. The Labute approximate surface area is 220 Å². The molecule has 1 aliphatic carbocycles. The molecule has 8 heteroatoms. The Kier molecular flexibility index (Phi) is 7.00. The van der Waals surface area contributed by atoms with Crippen LogP contribution in [0.3, 0.4) is 0 Å². The molecule has 0 saturated heterocycles. The zero-order valence-corrected chi connectivity index (χ0v) is 21.7. The Balaban J connectivity index is 1.58. The summed E-state index contributed by atoms with van der Waals surface area (Å²) in [5.74, 6) is -0.0814. The minimum atomic E-state index is -0.670. The van der Waals surface area contributed by atoms with E-state index in [4.69, 9.17) is 37.4 Å². The van der Waals surface area contributed by atoms with Crippen LogP contribution in [0.2, 0.25) is 10.0 Å². The maximum absolute atomic E-state index is 13.7. The molecule has 2 heterocycles. The van der Waals surface area contributed by atoms with Crippen molar-refractivity contribution in [1.82, 2.24) is 5.32 Å². The first-order valence-corrected chi connectivity index (χ1v) is 12.9. The molecule has 0 fully saturated rings. The molecule has 0 amide bonds. The van der Waals surface area contributed by atoms with Crippen molar-refractivity contribution in [3.05, 3.63) is 80.1 Å². The normalized spacial score (nSPS) is 20.8. The molecule has 0 aromatic heterocycles. The summed E-state index contributed by atoms with van der Waals surface area (Å²) in [7, 11) is 0. The highest BCUT2D eigenvalue weighted by atomic mass is 35.5. The Morgan fingerprint density at radius 2 is 1.83 bits per heavy atom. The van der Waals surface area contributed by atoms with Crippen molar-refractivity contribution in [3.8, 4) is 11.5 Å². The molecule has 0 unspecified atom stereocenters. The number of carbonyl (C=O) groups excluding carboxylic acids is 2. The van der Waals surface area contributed by atoms with E-state index in [-0.39, 0.29) is 18.5 Å². The van der Waals surface area contributed by atoms with Crippen molar-refractivity contribution in [1.29, 1.82) is 0 Å². The van der Waals surface area contributed by atoms with Gasteiger partial charge in [0.25, 0.3) is 0 Å². The Morgan fingerprint density at radius 1 is 1.11 bits per heavy atom. The summed E-state index contributed by atoms with van der Waals surface area (Å²) in [6.07, 6.45) is 2.60. The molecule has 0 saturated carbocycles. The summed E-state index contributed by atoms with van der Waals surface area (Å²) < 4.78 is 16.7. The summed E-state index contributed by atoms with van der Waals surface area (Å²) >= 11 is 12.8. The molecule has 3 aliphatic rings. The number of allylic oxidation sites excluding steroid dienone is 3. The van der Waals surface area contributed by atoms with Crippen LogP contribution in [0.25, 0.3) is 0 Å². The Bertz CT molecular complexity index is 1280. The monoisotopic (exact) mass is 527 g/mol. The number of unbranched alkanes of at least 4 members (excludes halogenated alkanes) is 1. The number of Topliss-reactive ketones (excluding diaryl/α,β-unsaturated/α-hetero) is 1. The van der Waals surface area contributed by atoms with Gasteiger partial charge < -0.3 is 19.5 Å². The Morgan fingerprint density at radius 3 is 2.56 bits per heavy atom. The molecule has 1 N–H and O–H groups in total. The molecular formula is C28H27Cl2NO5. The molecule has 2 aromatic carbocycles. The maximum atomic E-state index is 13.7. The van der Waals surface area contributed by atoms with Crippen molar-refractivity contribution in [3.63, 3.8) is 0 Å². The average molecular weight is 528 g/mol. The van der Waals surface area contributed by atoms with Crippen LogP contribution in [-0.2, 0) is 14.3 Å². The van der Waals surface area contributed by atoms with Gasteiger partial charge in [-0.05, 0) is 55.0 Å². The van der Waals surface area contributed by atoms with Gasteiger partial charge in [0.05, 0.1) is 12.2 Å². The van der Waals surface area contributed by atoms with Gasteiger partial charge in [0, 0.05) is 45.4 Å². The standard InChI is InChI=1S/C28H27Cl2NO5/c1-3-4-9-34-28(33)25-15(2)31-21-10-17(16-5-7-18(29)8-6-16)11-22(32)27(21)26(25)19-12-23-24(13-20(19)30)36-14-35-23/h5-8,12-13,17,26,31H,3-4,9-11,14H2,1-2H3/t17-,26-/m1/s1. The smallest absolute Gasteiger partial charge is 0.336 e. The lowest BCUT2D eigenvalue weighted by molar-refractivity contribution is -0.139. The summed E-state index contributed by atoms with van der Waals surface area (Å²) in [5.41, 5.74) is 4.06. The zero-order chi connectivity index (χ0) is 25.4. The number of benzene rings is 2. The topological polar surface area (TPSA) is 73.9 Å². The second-order valence-electron chi connectivity index (χ2n) is 9.29. The molecular weight excluding hydrogens is 501 g/mol. The van der Waals surface area contributed by atoms with Crippen molar-refractivity contribution >= 4 is 35.0 Å². The number of halogens is 2. The Hall–Kier alpha value is -2.96. The first kappa shape index (κ1) is 24.7. The third kappa shape index (κ3) is 4.60. The molecule has 2 aliphatic heterocycles. The lowest BCUT2D eigenvalue weighted by atomic mass is 9.71. The van der Waals surface area contributed by atoms with E-state index in [9.17, 15) is 9.59 Å². The molecule has 0 spiro atoms. The van der Waals surface area contributed by atoms with Gasteiger partial charge in [-0.1, -0.05) is 48.7 Å². The van der Waals surface area contributed by atoms with Crippen LogP contribution in [0, 0.1) is 0 Å². The van der Waals surface area contributed by atoms with E-state index < -0.39 is 11.9 Å². The number of rotatable bonds is 6. The first-order chi connectivity index (χ1) is 17.4. The minimum Gasteiger partial charge on any atom is -0.462 e. The van der Waals surface area contributed by atoms with Crippen LogP contribution in [-0.4, -0.2) is 25.2 Å². The van der Waals surface area contributed by atoms with Gasteiger partial charge >= 0.3 is 5.97 Å². The largest absolute Gasteiger partial charge is 0.462 e. The molecule has 36 heavy (non-hydrogen) atoms. The fourth-order valence-corrected chi connectivity index (χ4v) is 5.52. The third-order valence-electron chi connectivity index (χ3n) is 6.92. The van der Waals surface area contributed by atoms with Gasteiger partial charge in [0.1, 0.15) is 0 Å². The molecule has 188 valence electrons. The molecule has 0 radical (unpaired) electrons. The van der Waals surface area contributed by atoms with Gasteiger partial charge in [-0.2, -0.15) is 0 Å². The predicted molar refractivity (Wildman–Crippen MR) is 137 cm³/mol. The molecule has 2 aromatic rings. The van der Waals surface area contributed by atoms with Gasteiger partial charge in [0.2, 0.25) is 6.79 Å². The van der Waals surface area contributed by atoms with Crippen molar-refractivity contribution in [2.75, 3.05) is 13.4 Å². The summed E-state index contributed by atoms with van der Waals surface area (Å²) in [4.78, 5) is 27.1. The fourth-order valence-electron chi connectivity index (χ4n) is 5.13. The second-order valence-corrected chi connectivity index (χ2v) is 10.1. The number of dihydropyridines is 1. The lowest BCUT2D eigenvalue weighted by Crippen LogP contribution is -2.36. The van der Waals surface area contributed by atoms with Gasteiger partial charge in [-0.25, -0.2) is 4.79 Å². The number of nitrogens with one attached hydrogen (secondary N) is 1. The number of hydrogen-bond donors (Lipinski definition) is 1.